The number of nitrogens with two attached hydrogens (primary N) is 1. The fourth-order valence-electron chi connectivity index (χ4n) is 0.904. The van der Waals surface area contributed by atoms with Crippen molar-refractivity contribution < 1.29 is 9.53 Å². The first kappa shape index (κ1) is 10.5. The van der Waals surface area contributed by atoms with Crippen molar-refractivity contribution in [2.45, 2.75) is 38.3 Å². The van der Waals surface area contributed by atoms with Gasteiger partial charge in [0.2, 0.25) is 5.91 Å². The zero-order chi connectivity index (χ0) is 9.90. The number of hydrogen-bond acceptors (Lipinski definition) is 3. The Kier molecular flexibility index (Phi) is 3.27. The monoisotopic (exact) mass is 186 g/mol. The first-order valence-corrected chi connectivity index (χ1v) is 4.63. The van der Waals surface area contributed by atoms with Crippen molar-refractivity contribution in [3.05, 3.63) is 0 Å². The van der Waals surface area contributed by atoms with E-state index < -0.39 is 0 Å². The van der Waals surface area contributed by atoms with E-state index in [0.29, 0.717) is 12.6 Å². The Morgan fingerprint density at radius 1 is 1.62 bits per heavy atom. The third kappa shape index (κ3) is 5.60. The summed E-state index contributed by atoms with van der Waals surface area (Å²) in [6.07, 6.45) is 2.21. The highest BCUT2D eigenvalue weighted by atomic mass is 16.5. The molecule has 0 aromatic heterocycles. The molecule has 1 aliphatic rings. The molecule has 1 saturated carbocycles. The Hall–Kier alpha value is -0.610. The zero-order valence-corrected chi connectivity index (χ0v) is 8.30. The van der Waals surface area contributed by atoms with Crippen LogP contribution in [0.4, 0.5) is 0 Å². The van der Waals surface area contributed by atoms with Crippen LogP contribution in [0.2, 0.25) is 0 Å². The predicted molar refractivity (Wildman–Crippen MR) is 50.3 cm³/mol. The van der Waals surface area contributed by atoms with Crippen molar-refractivity contribution >= 4 is 5.91 Å². The molecule has 0 aromatic carbocycles. The first-order valence-electron chi connectivity index (χ1n) is 4.63. The molecule has 0 spiro atoms. The summed E-state index contributed by atoms with van der Waals surface area (Å²) in [7, 11) is 0. The zero-order valence-electron chi connectivity index (χ0n) is 8.30. The highest BCUT2D eigenvalue weighted by molar-refractivity contribution is 5.77. The lowest BCUT2D eigenvalue weighted by Crippen LogP contribution is -2.39. The van der Waals surface area contributed by atoms with Gasteiger partial charge in [-0.15, -0.1) is 0 Å². The van der Waals surface area contributed by atoms with Crippen molar-refractivity contribution in [3.63, 3.8) is 0 Å². The SMILES string of the molecule is CC(C)(N)COCC(=O)NC1CC1. The maximum Gasteiger partial charge on any atom is 0.246 e. The molecule has 1 fully saturated rings. The van der Waals surface area contributed by atoms with Crippen LogP contribution in [0.25, 0.3) is 0 Å². The Bertz CT molecular complexity index is 183. The van der Waals surface area contributed by atoms with E-state index >= 15 is 0 Å². The Morgan fingerprint density at radius 3 is 2.69 bits per heavy atom. The van der Waals surface area contributed by atoms with E-state index in [0.717, 1.165) is 12.8 Å². The van der Waals surface area contributed by atoms with Gasteiger partial charge in [0.25, 0.3) is 0 Å². The molecule has 0 unspecified atom stereocenters. The molecule has 13 heavy (non-hydrogen) atoms. The molecule has 0 saturated heterocycles. The summed E-state index contributed by atoms with van der Waals surface area (Å²) in [4.78, 5) is 11.1. The van der Waals surface area contributed by atoms with Gasteiger partial charge in [0.1, 0.15) is 6.61 Å². The Balaban J connectivity index is 2.01. The smallest absolute Gasteiger partial charge is 0.246 e. The van der Waals surface area contributed by atoms with E-state index in [9.17, 15) is 4.79 Å². The van der Waals surface area contributed by atoms with E-state index in [2.05, 4.69) is 5.32 Å². The molecule has 4 heteroatoms. The summed E-state index contributed by atoms with van der Waals surface area (Å²) < 4.78 is 5.15. The standard InChI is InChI=1S/C9H18N2O2/c1-9(2,10)6-13-5-8(12)11-7-3-4-7/h7H,3-6,10H2,1-2H3,(H,11,12). The summed E-state index contributed by atoms with van der Waals surface area (Å²) in [5.41, 5.74) is 5.32. The Labute approximate surface area is 78.8 Å². The second-order valence-electron chi connectivity index (χ2n) is 4.32. The molecule has 1 amide bonds. The summed E-state index contributed by atoms with van der Waals surface area (Å²) in [6.45, 7) is 4.26. The topological polar surface area (TPSA) is 64.3 Å². The van der Waals surface area contributed by atoms with Gasteiger partial charge in [-0.2, -0.15) is 0 Å². The molecule has 0 aliphatic heterocycles. The van der Waals surface area contributed by atoms with E-state index in [4.69, 9.17) is 10.5 Å². The molecule has 0 radical (unpaired) electrons. The van der Waals surface area contributed by atoms with Gasteiger partial charge in [-0.05, 0) is 26.7 Å². The summed E-state index contributed by atoms with van der Waals surface area (Å²) in [5.74, 6) is -0.0354. The molecule has 0 atom stereocenters. The maximum atomic E-state index is 11.1. The highest BCUT2D eigenvalue weighted by Gasteiger charge is 2.23. The lowest BCUT2D eigenvalue weighted by Gasteiger charge is -2.17. The van der Waals surface area contributed by atoms with Crippen LogP contribution in [0, 0.1) is 0 Å². The van der Waals surface area contributed by atoms with Gasteiger partial charge in [0, 0.05) is 11.6 Å². The van der Waals surface area contributed by atoms with E-state index in [-0.39, 0.29) is 18.1 Å². The normalized spacial score (nSPS) is 17.2. The van der Waals surface area contributed by atoms with Crippen LogP contribution in [0.1, 0.15) is 26.7 Å². The number of carbonyl (C=O) groups is 1. The Morgan fingerprint density at radius 2 is 2.23 bits per heavy atom. The number of ether oxygens (including phenoxy) is 1. The molecule has 0 heterocycles. The van der Waals surface area contributed by atoms with Crippen LogP contribution in [0.5, 0.6) is 0 Å². The van der Waals surface area contributed by atoms with Crippen LogP contribution >= 0.6 is 0 Å². The molecule has 0 bridgehead atoms. The van der Waals surface area contributed by atoms with Crippen LogP contribution in [-0.4, -0.2) is 30.7 Å². The molecular weight excluding hydrogens is 168 g/mol. The number of amides is 1. The van der Waals surface area contributed by atoms with Crippen molar-refractivity contribution in [1.82, 2.24) is 5.32 Å². The van der Waals surface area contributed by atoms with Gasteiger partial charge in [-0.3, -0.25) is 4.79 Å². The molecular formula is C9H18N2O2. The third-order valence-electron chi connectivity index (χ3n) is 1.65. The molecule has 0 aromatic rings. The minimum Gasteiger partial charge on any atom is -0.370 e. The third-order valence-corrected chi connectivity index (χ3v) is 1.65. The van der Waals surface area contributed by atoms with Gasteiger partial charge >= 0.3 is 0 Å². The molecule has 4 nitrogen and oxygen atoms in total. The second-order valence-corrected chi connectivity index (χ2v) is 4.32. The fourth-order valence-corrected chi connectivity index (χ4v) is 0.904. The summed E-state index contributed by atoms with van der Waals surface area (Å²) >= 11 is 0. The fraction of sp³-hybridized carbons (Fsp3) is 0.889. The molecule has 3 N–H and O–H groups in total. The average molecular weight is 186 g/mol. The molecule has 1 aliphatic carbocycles. The van der Waals surface area contributed by atoms with Gasteiger partial charge in [0.15, 0.2) is 0 Å². The first-order chi connectivity index (χ1) is 5.97. The summed E-state index contributed by atoms with van der Waals surface area (Å²) in [6, 6.07) is 0.405. The molecule has 1 rings (SSSR count). The minimum atomic E-state index is -0.361. The molecule has 76 valence electrons. The average Bonchev–Trinajstić information content (AvgIpc) is 2.68. The van der Waals surface area contributed by atoms with Crippen LogP contribution in [0.3, 0.4) is 0 Å². The van der Waals surface area contributed by atoms with Crippen LogP contribution < -0.4 is 11.1 Å². The van der Waals surface area contributed by atoms with Crippen molar-refractivity contribution in [3.8, 4) is 0 Å². The summed E-state index contributed by atoms with van der Waals surface area (Å²) in [5, 5.41) is 2.84. The van der Waals surface area contributed by atoms with E-state index in [1.807, 2.05) is 13.8 Å². The largest absolute Gasteiger partial charge is 0.370 e. The van der Waals surface area contributed by atoms with Crippen molar-refractivity contribution in [2.75, 3.05) is 13.2 Å². The van der Waals surface area contributed by atoms with Gasteiger partial charge in [-0.1, -0.05) is 0 Å². The lowest BCUT2D eigenvalue weighted by atomic mass is 10.1. The highest BCUT2D eigenvalue weighted by Crippen LogP contribution is 2.18. The number of carbonyl (C=O) groups excluding carboxylic acids is 1. The number of rotatable bonds is 5. The van der Waals surface area contributed by atoms with Crippen LogP contribution in [-0.2, 0) is 9.53 Å². The quantitative estimate of drug-likeness (QED) is 0.636. The van der Waals surface area contributed by atoms with Crippen molar-refractivity contribution in [1.29, 1.82) is 0 Å². The minimum absolute atomic E-state index is 0.0354. The van der Waals surface area contributed by atoms with E-state index in [1.54, 1.807) is 0 Å². The number of hydrogen-bond donors (Lipinski definition) is 2. The van der Waals surface area contributed by atoms with Gasteiger partial charge < -0.3 is 15.8 Å². The van der Waals surface area contributed by atoms with Gasteiger partial charge in [-0.25, -0.2) is 0 Å². The van der Waals surface area contributed by atoms with E-state index in [1.165, 1.54) is 0 Å². The lowest BCUT2D eigenvalue weighted by molar-refractivity contribution is -0.126. The predicted octanol–water partition coefficient (Wildman–Crippen LogP) is 0.0189. The van der Waals surface area contributed by atoms with Crippen molar-refractivity contribution in [2.24, 2.45) is 5.73 Å². The van der Waals surface area contributed by atoms with Crippen LogP contribution in [0.15, 0.2) is 0 Å². The number of nitrogens with one attached hydrogen (secondary N) is 1. The maximum absolute atomic E-state index is 11.1. The van der Waals surface area contributed by atoms with Gasteiger partial charge in [0.05, 0.1) is 6.61 Å². The second kappa shape index (κ2) is 4.07.